The van der Waals surface area contributed by atoms with Gasteiger partial charge >= 0.3 is 0 Å². The Hall–Kier alpha value is -4.58. The van der Waals surface area contributed by atoms with Crippen molar-refractivity contribution in [2.24, 2.45) is 0 Å². The molecule has 0 bridgehead atoms. The Morgan fingerprint density at radius 3 is 2.62 bits per heavy atom. The molecule has 4 aromatic rings. The molecule has 3 aromatic heterocycles. The molecule has 0 spiro atoms. The Morgan fingerprint density at radius 2 is 1.91 bits per heavy atom. The Labute approximate surface area is 184 Å². The lowest BCUT2D eigenvalue weighted by atomic mass is 9.93. The third-order valence-electron chi connectivity index (χ3n) is 5.04. The third-order valence-corrected chi connectivity index (χ3v) is 5.04. The normalized spacial score (nSPS) is 11.5. The molecule has 0 saturated heterocycles. The first-order valence-electron chi connectivity index (χ1n) is 9.88. The lowest BCUT2D eigenvalue weighted by Crippen LogP contribution is -2.22. The molecule has 4 N–H and O–H groups in total. The molecule has 0 aliphatic heterocycles. The zero-order valence-corrected chi connectivity index (χ0v) is 17.5. The van der Waals surface area contributed by atoms with Crippen LogP contribution in [0.5, 0.6) is 0 Å². The molecule has 3 heterocycles. The zero-order valence-electron chi connectivity index (χ0n) is 17.5. The summed E-state index contributed by atoms with van der Waals surface area (Å²) < 4.78 is 0. The van der Waals surface area contributed by atoms with E-state index in [1.165, 1.54) is 6.33 Å². The number of amides is 1. The number of nitrogens with zero attached hydrogens (tertiary/aromatic N) is 5. The first-order chi connectivity index (χ1) is 15.5. The molecule has 0 saturated carbocycles. The number of benzene rings is 1. The average molecular weight is 424 g/mol. The summed E-state index contributed by atoms with van der Waals surface area (Å²) in [6.45, 7) is 1.88. The van der Waals surface area contributed by atoms with Gasteiger partial charge in [0.05, 0.1) is 22.8 Å². The predicted octanol–water partition coefficient (Wildman–Crippen LogP) is 3.07. The van der Waals surface area contributed by atoms with Crippen LogP contribution in [0.25, 0.3) is 22.2 Å². The molecule has 0 aliphatic carbocycles. The zero-order chi connectivity index (χ0) is 22.7. The van der Waals surface area contributed by atoms with Gasteiger partial charge in [-0.3, -0.25) is 9.78 Å². The van der Waals surface area contributed by atoms with Gasteiger partial charge in [-0.2, -0.15) is 5.26 Å². The highest BCUT2D eigenvalue weighted by atomic mass is 16.1. The van der Waals surface area contributed by atoms with Gasteiger partial charge in [0, 0.05) is 18.8 Å². The van der Waals surface area contributed by atoms with Gasteiger partial charge in [-0.25, -0.2) is 15.0 Å². The Kier molecular flexibility index (Phi) is 5.59. The van der Waals surface area contributed by atoms with Crippen LogP contribution in [-0.2, 0) is 0 Å². The van der Waals surface area contributed by atoms with E-state index in [1.807, 2.05) is 49.4 Å². The molecular weight excluding hydrogens is 404 g/mol. The van der Waals surface area contributed by atoms with Crippen molar-refractivity contribution < 1.29 is 4.79 Å². The van der Waals surface area contributed by atoms with Crippen molar-refractivity contribution in [3.63, 3.8) is 0 Å². The molecule has 0 aliphatic rings. The fourth-order valence-electron chi connectivity index (χ4n) is 3.56. The number of nitriles is 1. The SMILES string of the molecule is CNC(=O)c1c(-c2ccccc2)c([C@H](C)Nc2ncnc(N)c2C#N)nc2cccnc12. The summed E-state index contributed by atoms with van der Waals surface area (Å²) in [5.74, 6) is 0.107. The van der Waals surface area contributed by atoms with Crippen molar-refractivity contribution in [1.29, 1.82) is 5.26 Å². The molecular formula is C23H20N8O. The van der Waals surface area contributed by atoms with Crippen LogP contribution in [-0.4, -0.2) is 32.9 Å². The van der Waals surface area contributed by atoms with Crippen LogP contribution in [0.1, 0.15) is 34.6 Å². The van der Waals surface area contributed by atoms with Gasteiger partial charge in [-0.1, -0.05) is 30.3 Å². The predicted molar refractivity (Wildman–Crippen MR) is 122 cm³/mol. The summed E-state index contributed by atoms with van der Waals surface area (Å²) in [6, 6.07) is 14.7. The van der Waals surface area contributed by atoms with Gasteiger partial charge < -0.3 is 16.4 Å². The van der Waals surface area contributed by atoms with Gasteiger partial charge in [-0.05, 0) is 24.6 Å². The minimum Gasteiger partial charge on any atom is -0.382 e. The van der Waals surface area contributed by atoms with Crippen molar-refractivity contribution >= 4 is 28.6 Å². The minimum atomic E-state index is -0.431. The summed E-state index contributed by atoms with van der Waals surface area (Å²) in [5.41, 5.74) is 9.57. The van der Waals surface area contributed by atoms with E-state index < -0.39 is 6.04 Å². The van der Waals surface area contributed by atoms with Crippen LogP contribution in [0.15, 0.2) is 55.0 Å². The summed E-state index contributed by atoms with van der Waals surface area (Å²) in [7, 11) is 1.58. The molecule has 9 heteroatoms. The monoisotopic (exact) mass is 424 g/mol. The number of fused-ring (bicyclic) bond motifs is 1. The first-order valence-corrected chi connectivity index (χ1v) is 9.88. The molecule has 1 amide bonds. The van der Waals surface area contributed by atoms with Crippen LogP contribution in [0.2, 0.25) is 0 Å². The lowest BCUT2D eigenvalue weighted by molar-refractivity contribution is 0.0965. The number of nitrogens with one attached hydrogen (secondary N) is 2. The molecule has 1 atom stereocenters. The largest absolute Gasteiger partial charge is 0.382 e. The summed E-state index contributed by atoms with van der Waals surface area (Å²) in [5, 5.41) is 15.4. The Bertz CT molecular complexity index is 1350. The molecule has 4 rings (SSSR count). The summed E-state index contributed by atoms with van der Waals surface area (Å²) >= 11 is 0. The van der Waals surface area contributed by atoms with Crippen LogP contribution in [0.4, 0.5) is 11.6 Å². The number of carbonyl (C=O) groups excluding carboxylic acids is 1. The highest BCUT2D eigenvalue weighted by Crippen LogP contribution is 2.35. The van der Waals surface area contributed by atoms with E-state index in [2.05, 4.69) is 25.6 Å². The second-order valence-electron chi connectivity index (χ2n) is 7.02. The second-order valence-corrected chi connectivity index (χ2v) is 7.02. The van der Waals surface area contributed by atoms with E-state index in [0.717, 1.165) is 5.56 Å². The smallest absolute Gasteiger partial charge is 0.254 e. The van der Waals surface area contributed by atoms with E-state index in [9.17, 15) is 10.1 Å². The van der Waals surface area contributed by atoms with Crippen LogP contribution < -0.4 is 16.4 Å². The Balaban J connectivity index is 1.97. The van der Waals surface area contributed by atoms with Crippen LogP contribution >= 0.6 is 0 Å². The standard InChI is InChI=1S/C23H20N8O/c1-13(30-22-15(11-24)21(25)28-12-29-22)19-17(14-7-4-3-5-8-14)18(23(32)26-2)20-16(31-19)9-6-10-27-20/h3-10,12-13H,1-2H3,(H,26,32)(H3,25,28,29,30)/t13-/m0/s1. The maximum atomic E-state index is 13.0. The number of nitrogens with two attached hydrogens (primary N) is 1. The Morgan fingerprint density at radius 1 is 1.12 bits per heavy atom. The van der Waals surface area contributed by atoms with Gasteiger partial charge in [0.25, 0.3) is 5.91 Å². The number of hydrogen-bond acceptors (Lipinski definition) is 8. The van der Waals surface area contributed by atoms with E-state index >= 15 is 0 Å². The van der Waals surface area contributed by atoms with Crippen molar-refractivity contribution in [3.05, 3.63) is 71.8 Å². The van der Waals surface area contributed by atoms with E-state index in [4.69, 9.17) is 10.7 Å². The average Bonchev–Trinajstić information content (AvgIpc) is 2.83. The molecule has 0 radical (unpaired) electrons. The van der Waals surface area contributed by atoms with Crippen molar-refractivity contribution in [2.75, 3.05) is 18.1 Å². The number of nitrogen functional groups attached to an aromatic ring is 1. The molecule has 0 unspecified atom stereocenters. The fraction of sp³-hybridized carbons (Fsp3) is 0.130. The van der Waals surface area contributed by atoms with Crippen LogP contribution in [0, 0.1) is 11.3 Å². The van der Waals surface area contributed by atoms with E-state index in [0.29, 0.717) is 33.7 Å². The van der Waals surface area contributed by atoms with Gasteiger partial charge in [0.15, 0.2) is 0 Å². The van der Waals surface area contributed by atoms with Crippen molar-refractivity contribution in [3.8, 4) is 17.2 Å². The maximum Gasteiger partial charge on any atom is 0.254 e. The van der Waals surface area contributed by atoms with Gasteiger partial charge in [0.2, 0.25) is 0 Å². The highest BCUT2D eigenvalue weighted by molar-refractivity contribution is 6.10. The number of rotatable bonds is 5. The number of carbonyl (C=O) groups is 1. The molecule has 32 heavy (non-hydrogen) atoms. The van der Waals surface area contributed by atoms with Crippen molar-refractivity contribution in [2.45, 2.75) is 13.0 Å². The number of hydrogen-bond donors (Lipinski definition) is 3. The third kappa shape index (κ3) is 3.65. The number of pyridine rings is 2. The molecule has 158 valence electrons. The molecule has 1 aromatic carbocycles. The number of aromatic nitrogens is 4. The van der Waals surface area contributed by atoms with Crippen molar-refractivity contribution in [1.82, 2.24) is 25.3 Å². The van der Waals surface area contributed by atoms with Gasteiger partial charge in [0.1, 0.15) is 35.1 Å². The topological polar surface area (TPSA) is 142 Å². The lowest BCUT2D eigenvalue weighted by Gasteiger charge is -2.21. The summed E-state index contributed by atoms with van der Waals surface area (Å²) in [6.07, 6.45) is 2.92. The summed E-state index contributed by atoms with van der Waals surface area (Å²) in [4.78, 5) is 30.3. The molecule has 9 nitrogen and oxygen atoms in total. The van der Waals surface area contributed by atoms with Gasteiger partial charge in [-0.15, -0.1) is 0 Å². The minimum absolute atomic E-state index is 0.0854. The number of anilines is 2. The quantitative estimate of drug-likeness (QED) is 0.444. The highest BCUT2D eigenvalue weighted by Gasteiger charge is 2.25. The van der Waals surface area contributed by atoms with Crippen LogP contribution in [0.3, 0.4) is 0 Å². The maximum absolute atomic E-state index is 13.0. The molecule has 0 fully saturated rings. The first kappa shape index (κ1) is 20.7. The fourth-order valence-corrected chi connectivity index (χ4v) is 3.56. The van der Waals surface area contributed by atoms with E-state index in [1.54, 1.807) is 19.3 Å². The van der Waals surface area contributed by atoms with E-state index in [-0.39, 0.29) is 17.3 Å². The second kappa shape index (κ2) is 8.65.